The molecule has 1 fully saturated rings. The first kappa shape index (κ1) is 18.0. The van der Waals surface area contributed by atoms with E-state index in [0.717, 1.165) is 11.8 Å². The van der Waals surface area contributed by atoms with E-state index < -0.39 is 0 Å². The first-order valence-corrected chi connectivity index (χ1v) is 8.89. The minimum atomic E-state index is 0.247. The summed E-state index contributed by atoms with van der Waals surface area (Å²) in [5.74, 6) is 1.65. The van der Waals surface area contributed by atoms with Crippen LogP contribution in [0.25, 0.3) is 0 Å². The van der Waals surface area contributed by atoms with Crippen LogP contribution in [-0.2, 0) is 0 Å². The smallest absolute Gasteiger partial charge is 0.0356 e. The average molecular weight is 283 g/mol. The molecule has 1 saturated carbocycles. The molecule has 1 aliphatic rings. The number of unbranched alkanes of at least 4 members (excludes halogenated alkanes) is 1. The molecule has 1 aliphatic carbocycles. The van der Waals surface area contributed by atoms with Gasteiger partial charge in [0.15, 0.2) is 0 Å². The summed E-state index contributed by atoms with van der Waals surface area (Å²) in [5.41, 5.74) is 7.00. The van der Waals surface area contributed by atoms with Gasteiger partial charge in [0.1, 0.15) is 0 Å². The summed E-state index contributed by atoms with van der Waals surface area (Å²) in [7, 11) is 4.48. The highest BCUT2D eigenvalue weighted by molar-refractivity contribution is 5.01. The summed E-state index contributed by atoms with van der Waals surface area (Å²) in [6, 6.07) is 0.335. The zero-order valence-electron chi connectivity index (χ0n) is 14.6. The number of nitrogens with two attached hydrogens (primary N) is 1. The fraction of sp³-hybridized carbons (Fsp3) is 1.00. The Kier molecular flexibility index (Phi) is 7.53. The van der Waals surface area contributed by atoms with E-state index in [-0.39, 0.29) is 5.54 Å². The average Bonchev–Trinajstić information content (AvgIpc) is 2.42. The topological polar surface area (TPSA) is 29.3 Å². The normalized spacial score (nSPS) is 30.4. The first-order valence-electron chi connectivity index (χ1n) is 8.89. The van der Waals surface area contributed by atoms with Gasteiger partial charge in [-0.15, -0.1) is 0 Å². The molecular weight excluding hydrogens is 244 g/mol. The van der Waals surface area contributed by atoms with Gasteiger partial charge in [-0.2, -0.15) is 0 Å². The van der Waals surface area contributed by atoms with Crippen LogP contribution in [0.15, 0.2) is 0 Å². The molecule has 0 aromatic rings. The molecule has 1 rings (SSSR count). The van der Waals surface area contributed by atoms with E-state index in [1.165, 1.54) is 57.8 Å². The summed E-state index contributed by atoms with van der Waals surface area (Å²) >= 11 is 0. The van der Waals surface area contributed by atoms with Crippen molar-refractivity contribution in [3.05, 3.63) is 0 Å². The van der Waals surface area contributed by atoms with Gasteiger partial charge in [-0.25, -0.2) is 0 Å². The van der Waals surface area contributed by atoms with Crippen LogP contribution in [0.1, 0.15) is 78.6 Å². The molecule has 20 heavy (non-hydrogen) atoms. The minimum absolute atomic E-state index is 0.247. The van der Waals surface area contributed by atoms with Crippen LogP contribution >= 0.6 is 0 Å². The van der Waals surface area contributed by atoms with Crippen LogP contribution in [0.3, 0.4) is 0 Å². The Balaban J connectivity index is 2.70. The molecule has 0 aliphatic heterocycles. The van der Waals surface area contributed by atoms with Gasteiger partial charge in [0.25, 0.3) is 0 Å². The first-order chi connectivity index (χ1) is 9.46. The van der Waals surface area contributed by atoms with Crippen molar-refractivity contribution in [2.75, 3.05) is 14.1 Å². The van der Waals surface area contributed by atoms with Crippen molar-refractivity contribution in [1.29, 1.82) is 0 Å². The number of likely N-dealkylation sites (N-methyl/N-ethyl adjacent to an activating group) is 1. The summed E-state index contributed by atoms with van der Waals surface area (Å²) in [5, 5.41) is 0. The van der Waals surface area contributed by atoms with E-state index in [1.807, 2.05) is 0 Å². The second-order valence-corrected chi connectivity index (χ2v) is 7.46. The van der Waals surface area contributed by atoms with Crippen LogP contribution in [-0.4, -0.2) is 30.6 Å². The molecule has 4 atom stereocenters. The van der Waals surface area contributed by atoms with Gasteiger partial charge in [-0.1, -0.05) is 59.3 Å². The fourth-order valence-corrected chi connectivity index (χ4v) is 4.20. The molecule has 2 N–H and O–H groups in total. The monoisotopic (exact) mass is 282 g/mol. The highest BCUT2D eigenvalue weighted by Crippen LogP contribution is 2.39. The molecule has 0 saturated heterocycles. The molecule has 120 valence electrons. The van der Waals surface area contributed by atoms with Gasteiger partial charge in [-0.3, -0.25) is 0 Å². The van der Waals surface area contributed by atoms with E-state index in [4.69, 9.17) is 5.73 Å². The molecule has 0 heterocycles. The molecule has 0 amide bonds. The van der Waals surface area contributed by atoms with Crippen LogP contribution in [0.5, 0.6) is 0 Å². The molecule has 0 bridgehead atoms. The number of hydrogen-bond acceptors (Lipinski definition) is 2. The van der Waals surface area contributed by atoms with E-state index in [1.54, 1.807) is 0 Å². The van der Waals surface area contributed by atoms with E-state index >= 15 is 0 Å². The predicted molar refractivity (Wildman–Crippen MR) is 89.9 cm³/mol. The lowest BCUT2D eigenvalue weighted by molar-refractivity contribution is 0.0414. The molecule has 4 unspecified atom stereocenters. The van der Waals surface area contributed by atoms with Crippen molar-refractivity contribution in [3.63, 3.8) is 0 Å². The third kappa shape index (κ3) is 4.46. The van der Waals surface area contributed by atoms with Crippen molar-refractivity contribution in [2.45, 2.75) is 90.1 Å². The largest absolute Gasteiger partial charge is 0.326 e. The molecule has 2 heteroatoms. The molecule has 0 radical (unpaired) electrons. The fourth-order valence-electron chi connectivity index (χ4n) is 4.20. The Morgan fingerprint density at radius 2 is 2.00 bits per heavy atom. The lowest BCUT2D eigenvalue weighted by Crippen LogP contribution is -2.59. The maximum Gasteiger partial charge on any atom is 0.0356 e. The Morgan fingerprint density at radius 1 is 1.30 bits per heavy atom. The zero-order chi connectivity index (χ0) is 15.2. The lowest BCUT2D eigenvalue weighted by atomic mass is 9.69. The van der Waals surface area contributed by atoms with E-state index in [0.29, 0.717) is 6.04 Å². The standard InChI is InChI=1S/C18H38N2/c1-6-8-11-16(7-2)13-17(19)18(20(4)5)12-9-10-15(3)14-18/h15-17H,6-14,19H2,1-5H3. The van der Waals surface area contributed by atoms with E-state index in [9.17, 15) is 0 Å². The number of nitrogens with zero attached hydrogens (tertiary/aromatic N) is 1. The van der Waals surface area contributed by atoms with Crippen molar-refractivity contribution in [3.8, 4) is 0 Å². The summed E-state index contributed by atoms with van der Waals surface area (Å²) in [4.78, 5) is 2.44. The van der Waals surface area contributed by atoms with Gasteiger partial charge in [0.2, 0.25) is 0 Å². The number of hydrogen-bond donors (Lipinski definition) is 1. The second-order valence-electron chi connectivity index (χ2n) is 7.46. The zero-order valence-corrected chi connectivity index (χ0v) is 14.6. The molecule has 0 aromatic carbocycles. The Hall–Kier alpha value is -0.0800. The quantitative estimate of drug-likeness (QED) is 0.713. The Labute approximate surface area is 127 Å². The SMILES string of the molecule is CCCCC(CC)CC(N)C1(N(C)C)CCCC(C)C1. The van der Waals surface area contributed by atoms with Crippen molar-refractivity contribution in [1.82, 2.24) is 4.90 Å². The van der Waals surface area contributed by atoms with Crippen LogP contribution < -0.4 is 5.73 Å². The van der Waals surface area contributed by atoms with Crippen molar-refractivity contribution < 1.29 is 0 Å². The molecule has 0 spiro atoms. The second kappa shape index (κ2) is 8.38. The Bertz CT molecular complexity index is 264. The molecule has 2 nitrogen and oxygen atoms in total. The molecule has 0 aromatic heterocycles. The van der Waals surface area contributed by atoms with E-state index in [2.05, 4.69) is 39.8 Å². The van der Waals surface area contributed by atoms with Crippen molar-refractivity contribution >= 4 is 0 Å². The van der Waals surface area contributed by atoms with Gasteiger partial charge < -0.3 is 10.6 Å². The van der Waals surface area contributed by atoms with Gasteiger partial charge in [-0.05, 0) is 45.2 Å². The summed E-state index contributed by atoms with van der Waals surface area (Å²) in [6.07, 6.45) is 11.8. The Morgan fingerprint density at radius 3 is 2.50 bits per heavy atom. The minimum Gasteiger partial charge on any atom is -0.326 e. The van der Waals surface area contributed by atoms with Gasteiger partial charge in [0.05, 0.1) is 0 Å². The van der Waals surface area contributed by atoms with Crippen molar-refractivity contribution in [2.24, 2.45) is 17.6 Å². The maximum absolute atomic E-state index is 6.75. The molecular formula is C18H38N2. The third-order valence-electron chi connectivity index (χ3n) is 5.72. The van der Waals surface area contributed by atoms with Gasteiger partial charge >= 0.3 is 0 Å². The summed E-state index contributed by atoms with van der Waals surface area (Å²) in [6.45, 7) is 7.02. The maximum atomic E-state index is 6.75. The number of rotatable bonds is 8. The summed E-state index contributed by atoms with van der Waals surface area (Å²) < 4.78 is 0. The van der Waals surface area contributed by atoms with Gasteiger partial charge in [0, 0.05) is 11.6 Å². The highest BCUT2D eigenvalue weighted by atomic mass is 15.2. The van der Waals surface area contributed by atoms with Crippen LogP contribution in [0.4, 0.5) is 0 Å². The van der Waals surface area contributed by atoms with Crippen LogP contribution in [0.2, 0.25) is 0 Å². The lowest BCUT2D eigenvalue weighted by Gasteiger charge is -2.49. The highest BCUT2D eigenvalue weighted by Gasteiger charge is 2.42. The third-order valence-corrected chi connectivity index (χ3v) is 5.72. The predicted octanol–water partition coefficient (Wildman–Crippen LogP) is 4.43. The van der Waals surface area contributed by atoms with Crippen LogP contribution in [0, 0.1) is 11.8 Å².